The molecule has 1 fully saturated rings. The van der Waals surface area contributed by atoms with Crippen LogP contribution in [-0.2, 0) is 6.54 Å². The van der Waals surface area contributed by atoms with Crippen LogP contribution in [0, 0.1) is 0 Å². The zero-order chi connectivity index (χ0) is 20.6. The van der Waals surface area contributed by atoms with Gasteiger partial charge in [-0.3, -0.25) is 4.90 Å². The monoisotopic (exact) mass is 470 g/mol. The van der Waals surface area contributed by atoms with Gasteiger partial charge in [0.1, 0.15) is 5.75 Å². The fourth-order valence-corrected chi connectivity index (χ4v) is 3.58. The molecule has 3 rings (SSSR count). The number of para-hydroxylation sites is 1. The third kappa shape index (κ3) is 7.28. The topological polar surface area (TPSA) is 51.2 Å². The van der Waals surface area contributed by atoms with Crippen LogP contribution in [0.3, 0.4) is 0 Å². The number of methoxy groups -OCH3 is 2. The minimum absolute atomic E-state index is 0. The van der Waals surface area contributed by atoms with E-state index in [9.17, 15) is 4.79 Å². The Kier molecular flexibility index (Phi) is 11.7. The molecular formula is C23H32Cl2N2O4. The van der Waals surface area contributed by atoms with E-state index in [1.807, 2.05) is 24.3 Å². The number of ether oxygens (including phenoxy) is 3. The van der Waals surface area contributed by atoms with Gasteiger partial charge in [0.15, 0.2) is 11.5 Å². The molecule has 6 nitrogen and oxygen atoms in total. The molecule has 0 saturated carbocycles. The number of hydrogen-bond acceptors (Lipinski definition) is 6. The fourth-order valence-electron chi connectivity index (χ4n) is 3.58. The van der Waals surface area contributed by atoms with E-state index in [1.54, 1.807) is 32.4 Å². The first-order valence-electron chi connectivity index (χ1n) is 10.1. The number of halogens is 2. The zero-order valence-corrected chi connectivity index (χ0v) is 20.0. The van der Waals surface area contributed by atoms with Crippen molar-refractivity contribution in [1.29, 1.82) is 0 Å². The number of benzene rings is 2. The second-order valence-electron chi connectivity index (χ2n) is 7.18. The van der Waals surface area contributed by atoms with Gasteiger partial charge >= 0.3 is 5.97 Å². The van der Waals surface area contributed by atoms with Crippen LogP contribution in [0.4, 0.5) is 0 Å². The summed E-state index contributed by atoms with van der Waals surface area (Å²) in [5.74, 6) is 1.27. The van der Waals surface area contributed by atoms with Gasteiger partial charge in [-0.15, -0.1) is 24.8 Å². The summed E-state index contributed by atoms with van der Waals surface area (Å²) < 4.78 is 16.2. The molecule has 1 saturated heterocycles. The highest BCUT2D eigenvalue weighted by atomic mass is 35.5. The highest BCUT2D eigenvalue weighted by molar-refractivity contribution is 5.92. The summed E-state index contributed by atoms with van der Waals surface area (Å²) in [6, 6.07) is 12.8. The largest absolute Gasteiger partial charge is 0.493 e. The Hall–Kier alpha value is -1.99. The second kappa shape index (κ2) is 13.4. The van der Waals surface area contributed by atoms with Gasteiger partial charge in [0.05, 0.1) is 19.8 Å². The number of carbonyl (C=O) groups excluding carboxylic acids is 1. The van der Waals surface area contributed by atoms with Crippen molar-refractivity contribution in [2.45, 2.75) is 19.9 Å². The minimum Gasteiger partial charge on any atom is -0.493 e. The maximum Gasteiger partial charge on any atom is 0.343 e. The van der Waals surface area contributed by atoms with Gasteiger partial charge in [-0.2, -0.15) is 0 Å². The molecule has 1 heterocycles. The van der Waals surface area contributed by atoms with Crippen LogP contribution in [0.5, 0.6) is 17.2 Å². The Morgan fingerprint density at radius 3 is 2.16 bits per heavy atom. The van der Waals surface area contributed by atoms with E-state index in [0.29, 0.717) is 22.8 Å². The predicted molar refractivity (Wildman–Crippen MR) is 127 cm³/mol. The molecule has 1 aliphatic heterocycles. The maximum atomic E-state index is 12.7. The van der Waals surface area contributed by atoms with Gasteiger partial charge in [-0.1, -0.05) is 25.1 Å². The lowest BCUT2D eigenvalue weighted by Crippen LogP contribution is -2.46. The first kappa shape index (κ1) is 27.0. The molecule has 0 bridgehead atoms. The molecule has 0 atom stereocenters. The van der Waals surface area contributed by atoms with Crippen LogP contribution in [0.2, 0.25) is 0 Å². The third-order valence-corrected chi connectivity index (χ3v) is 5.19. The van der Waals surface area contributed by atoms with Crippen LogP contribution in [0.25, 0.3) is 0 Å². The van der Waals surface area contributed by atoms with Crippen molar-refractivity contribution in [2.75, 3.05) is 46.9 Å². The second-order valence-corrected chi connectivity index (χ2v) is 7.18. The van der Waals surface area contributed by atoms with E-state index < -0.39 is 5.97 Å². The molecular weight excluding hydrogens is 439 g/mol. The summed E-state index contributed by atoms with van der Waals surface area (Å²) in [6.07, 6.45) is 1.19. The lowest BCUT2D eigenvalue weighted by atomic mass is 10.1. The maximum absolute atomic E-state index is 12.7. The van der Waals surface area contributed by atoms with Gasteiger partial charge in [0.25, 0.3) is 0 Å². The van der Waals surface area contributed by atoms with Crippen LogP contribution < -0.4 is 14.2 Å². The Morgan fingerprint density at radius 2 is 1.52 bits per heavy atom. The Labute approximate surface area is 197 Å². The molecule has 0 aliphatic carbocycles. The molecule has 0 N–H and O–H groups in total. The highest BCUT2D eigenvalue weighted by Crippen LogP contribution is 2.28. The quantitative estimate of drug-likeness (QED) is 0.423. The minimum atomic E-state index is -0.411. The Morgan fingerprint density at radius 1 is 0.871 bits per heavy atom. The van der Waals surface area contributed by atoms with Crippen LogP contribution in [0.1, 0.15) is 29.3 Å². The van der Waals surface area contributed by atoms with E-state index in [-0.39, 0.29) is 24.8 Å². The van der Waals surface area contributed by atoms with Gasteiger partial charge in [-0.25, -0.2) is 4.79 Å². The van der Waals surface area contributed by atoms with Crippen molar-refractivity contribution in [3.05, 3.63) is 53.6 Å². The number of hydrogen-bond donors (Lipinski definition) is 0. The lowest BCUT2D eigenvalue weighted by molar-refractivity contribution is 0.0729. The predicted octanol–water partition coefficient (Wildman–Crippen LogP) is 4.29. The Bertz CT molecular complexity index is 827. The standard InChI is InChI=1S/C23H30N2O4.2ClH/c1-4-11-24-12-14-25(15-13-24)17-19-7-5-6-8-20(19)29-23(26)18-9-10-21(27-2)22(16-18)28-3;;/h5-10,16H,4,11-15,17H2,1-3H3;2*1H. The van der Waals surface area contributed by atoms with Crippen LogP contribution in [0.15, 0.2) is 42.5 Å². The average Bonchev–Trinajstić information content (AvgIpc) is 2.76. The van der Waals surface area contributed by atoms with Crippen LogP contribution in [-0.4, -0.2) is 62.7 Å². The molecule has 0 amide bonds. The zero-order valence-electron chi connectivity index (χ0n) is 18.3. The molecule has 0 aromatic heterocycles. The first-order chi connectivity index (χ1) is 14.1. The molecule has 0 unspecified atom stereocenters. The molecule has 2 aromatic rings. The average molecular weight is 471 g/mol. The molecule has 0 spiro atoms. The fraction of sp³-hybridized carbons (Fsp3) is 0.435. The van der Waals surface area contributed by atoms with Crippen molar-refractivity contribution in [3.63, 3.8) is 0 Å². The molecule has 31 heavy (non-hydrogen) atoms. The normalized spacial score (nSPS) is 14.2. The summed E-state index contributed by atoms with van der Waals surface area (Å²) in [5, 5.41) is 0. The summed E-state index contributed by atoms with van der Waals surface area (Å²) >= 11 is 0. The van der Waals surface area contributed by atoms with E-state index in [4.69, 9.17) is 14.2 Å². The summed E-state index contributed by atoms with van der Waals surface area (Å²) in [4.78, 5) is 17.6. The summed E-state index contributed by atoms with van der Waals surface area (Å²) in [5.41, 5.74) is 1.44. The molecule has 8 heteroatoms. The van der Waals surface area contributed by atoms with E-state index in [1.165, 1.54) is 6.42 Å². The van der Waals surface area contributed by atoms with Crippen molar-refractivity contribution < 1.29 is 19.0 Å². The molecule has 0 radical (unpaired) electrons. The van der Waals surface area contributed by atoms with Crippen LogP contribution >= 0.6 is 24.8 Å². The molecule has 2 aromatic carbocycles. The van der Waals surface area contributed by atoms with Crippen molar-refractivity contribution in [1.82, 2.24) is 9.80 Å². The summed E-state index contributed by atoms with van der Waals surface area (Å²) in [7, 11) is 3.11. The first-order valence-corrected chi connectivity index (χ1v) is 10.1. The molecule has 1 aliphatic rings. The lowest BCUT2D eigenvalue weighted by Gasteiger charge is -2.34. The van der Waals surface area contributed by atoms with Gasteiger partial charge in [0, 0.05) is 38.3 Å². The van der Waals surface area contributed by atoms with Gasteiger partial charge in [0.2, 0.25) is 0 Å². The van der Waals surface area contributed by atoms with Crippen molar-refractivity contribution >= 4 is 30.8 Å². The van der Waals surface area contributed by atoms with Gasteiger partial charge in [-0.05, 0) is 37.2 Å². The third-order valence-electron chi connectivity index (χ3n) is 5.19. The van der Waals surface area contributed by atoms with Gasteiger partial charge < -0.3 is 19.1 Å². The van der Waals surface area contributed by atoms with E-state index in [0.717, 1.165) is 44.8 Å². The smallest absolute Gasteiger partial charge is 0.343 e. The molecule has 172 valence electrons. The van der Waals surface area contributed by atoms with E-state index in [2.05, 4.69) is 16.7 Å². The number of piperazine rings is 1. The number of carbonyl (C=O) groups is 1. The van der Waals surface area contributed by atoms with E-state index >= 15 is 0 Å². The number of rotatable bonds is 8. The highest BCUT2D eigenvalue weighted by Gasteiger charge is 2.19. The number of esters is 1. The SMILES string of the molecule is CCCN1CCN(Cc2ccccc2OC(=O)c2ccc(OC)c(OC)c2)CC1.Cl.Cl. The Balaban J connectivity index is 0.00000240. The number of nitrogens with zero attached hydrogens (tertiary/aromatic N) is 2. The van der Waals surface area contributed by atoms with Crippen molar-refractivity contribution in [2.24, 2.45) is 0 Å². The summed E-state index contributed by atoms with van der Waals surface area (Å²) in [6.45, 7) is 8.37. The van der Waals surface area contributed by atoms with Crippen molar-refractivity contribution in [3.8, 4) is 17.2 Å².